The first-order chi connectivity index (χ1) is 16.3. The van der Waals surface area contributed by atoms with Gasteiger partial charge in [0.1, 0.15) is 17.7 Å². The summed E-state index contributed by atoms with van der Waals surface area (Å²) in [5.74, 6) is -1.48. The fraction of sp³-hybridized carbons (Fsp3) is 0.481. The Hall–Kier alpha value is -3.06. The lowest BCUT2D eigenvalue weighted by Gasteiger charge is -2.30. The molecule has 1 aliphatic rings. The highest BCUT2D eigenvalue weighted by Crippen LogP contribution is 2.47. The van der Waals surface area contributed by atoms with Crippen LogP contribution in [0.5, 0.6) is 5.75 Å². The van der Waals surface area contributed by atoms with Crippen LogP contribution in [0.1, 0.15) is 58.2 Å². The molecule has 0 radical (unpaired) electrons. The predicted octanol–water partition coefficient (Wildman–Crippen LogP) is 4.99. The first-order valence-electron chi connectivity index (χ1n) is 11.8. The van der Waals surface area contributed by atoms with Gasteiger partial charge >= 0.3 is 11.9 Å². The molecular weight excluding hydrogens is 434 g/mol. The van der Waals surface area contributed by atoms with E-state index in [0.717, 1.165) is 17.5 Å². The van der Waals surface area contributed by atoms with E-state index in [1.165, 1.54) is 0 Å². The van der Waals surface area contributed by atoms with Gasteiger partial charge < -0.3 is 14.2 Å². The number of para-hydroxylation sites is 1. The Kier molecular flexibility index (Phi) is 8.20. The Bertz CT molecular complexity index is 990. The molecule has 0 unspecified atom stereocenters. The van der Waals surface area contributed by atoms with Crippen molar-refractivity contribution in [3.8, 4) is 5.75 Å². The Labute approximate surface area is 201 Å². The third-order valence-corrected chi connectivity index (χ3v) is 6.45. The zero-order valence-corrected chi connectivity index (χ0v) is 20.9. The molecule has 2 aromatic carbocycles. The van der Waals surface area contributed by atoms with Crippen molar-refractivity contribution < 1.29 is 28.6 Å². The van der Waals surface area contributed by atoms with Gasteiger partial charge in [-0.3, -0.25) is 9.63 Å². The van der Waals surface area contributed by atoms with E-state index in [1.807, 2.05) is 48.5 Å². The Morgan fingerprint density at radius 3 is 2.21 bits per heavy atom. The highest BCUT2D eigenvalue weighted by Gasteiger charge is 2.54. The molecule has 1 heterocycles. The Balaban J connectivity index is 2.24. The average molecular weight is 470 g/mol. The van der Waals surface area contributed by atoms with E-state index in [4.69, 9.17) is 19.0 Å². The van der Waals surface area contributed by atoms with Crippen LogP contribution in [0.25, 0.3) is 0 Å². The number of methoxy groups -OCH3 is 1. The minimum Gasteiger partial charge on any atom is -0.496 e. The minimum atomic E-state index is -1.16. The summed E-state index contributed by atoms with van der Waals surface area (Å²) < 4.78 is 16.4. The van der Waals surface area contributed by atoms with Gasteiger partial charge in [0.15, 0.2) is 6.10 Å². The molecule has 34 heavy (non-hydrogen) atoms. The normalized spacial score (nSPS) is 20.2. The number of benzene rings is 2. The van der Waals surface area contributed by atoms with Crippen LogP contribution in [0, 0.1) is 5.92 Å². The van der Waals surface area contributed by atoms with Crippen molar-refractivity contribution in [1.82, 2.24) is 0 Å². The van der Waals surface area contributed by atoms with Crippen LogP contribution in [0.4, 0.5) is 5.69 Å². The van der Waals surface area contributed by atoms with E-state index in [9.17, 15) is 9.59 Å². The lowest BCUT2D eigenvalue weighted by molar-refractivity contribution is -0.164. The molecule has 7 nitrogen and oxygen atoms in total. The molecule has 2 aromatic rings. The molecule has 0 bridgehead atoms. The molecule has 1 aliphatic heterocycles. The zero-order valence-electron chi connectivity index (χ0n) is 20.9. The van der Waals surface area contributed by atoms with Gasteiger partial charge in [-0.1, -0.05) is 45.0 Å². The third-order valence-electron chi connectivity index (χ3n) is 6.45. The van der Waals surface area contributed by atoms with E-state index < -0.39 is 30.0 Å². The van der Waals surface area contributed by atoms with Gasteiger partial charge in [-0.25, -0.2) is 9.86 Å². The molecule has 0 amide bonds. The van der Waals surface area contributed by atoms with Crippen LogP contribution >= 0.6 is 0 Å². The second kappa shape index (κ2) is 10.9. The zero-order chi connectivity index (χ0) is 24.9. The van der Waals surface area contributed by atoms with Crippen LogP contribution in [-0.2, 0) is 29.3 Å². The SMILES string of the molecule is CCOC(=O)[C@@H]1[C@H](C(=O)OCC)ON(c2ccccc2)[C@H]1c1cc(C(C)(C)CC)ccc1OC. The van der Waals surface area contributed by atoms with Crippen molar-refractivity contribution in [2.24, 2.45) is 5.92 Å². The highest BCUT2D eigenvalue weighted by molar-refractivity contribution is 5.86. The molecular formula is C27H35NO6. The molecule has 1 saturated heterocycles. The molecule has 3 atom stereocenters. The summed E-state index contributed by atoms with van der Waals surface area (Å²) in [7, 11) is 1.59. The van der Waals surface area contributed by atoms with E-state index in [0.29, 0.717) is 11.4 Å². The van der Waals surface area contributed by atoms with Crippen molar-refractivity contribution in [3.63, 3.8) is 0 Å². The van der Waals surface area contributed by atoms with E-state index >= 15 is 0 Å². The quantitative estimate of drug-likeness (QED) is 0.479. The molecule has 0 saturated carbocycles. The topological polar surface area (TPSA) is 74.3 Å². The van der Waals surface area contributed by atoms with Gasteiger partial charge in [0, 0.05) is 5.56 Å². The van der Waals surface area contributed by atoms with Crippen LogP contribution < -0.4 is 9.80 Å². The number of nitrogens with zero attached hydrogens (tertiary/aromatic N) is 1. The molecule has 0 N–H and O–H groups in total. The van der Waals surface area contributed by atoms with E-state index in [-0.39, 0.29) is 18.6 Å². The van der Waals surface area contributed by atoms with Crippen molar-refractivity contribution in [1.29, 1.82) is 0 Å². The van der Waals surface area contributed by atoms with E-state index in [1.54, 1.807) is 26.0 Å². The number of rotatable bonds is 9. The number of carbonyl (C=O) groups excluding carboxylic acids is 2. The summed E-state index contributed by atoms with van der Waals surface area (Å²) in [5, 5.41) is 1.61. The van der Waals surface area contributed by atoms with Crippen molar-refractivity contribution in [2.45, 2.75) is 58.6 Å². The monoisotopic (exact) mass is 469 g/mol. The van der Waals surface area contributed by atoms with Crippen LogP contribution in [-0.4, -0.2) is 38.4 Å². The number of carbonyl (C=O) groups is 2. The maximum atomic E-state index is 13.3. The van der Waals surface area contributed by atoms with Gasteiger partial charge in [-0.05, 0) is 55.5 Å². The molecule has 0 aromatic heterocycles. The van der Waals surface area contributed by atoms with Gasteiger partial charge in [0.05, 0.1) is 26.0 Å². The maximum Gasteiger partial charge on any atom is 0.339 e. The average Bonchev–Trinajstić information content (AvgIpc) is 3.25. The molecule has 7 heteroatoms. The van der Waals surface area contributed by atoms with Gasteiger partial charge in [-0.2, -0.15) is 0 Å². The molecule has 3 rings (SSSR count). The summed E-state index contributed by atoms with van der Waals surface area (Å²) in [6, 6.07) is 14.7. The summed E-state index contributed by atoms with van der Waals surface area (Å²) in [4.78, 5) is 32.4. The maximum absolute atomic E-state index is 13.3. The van der Waals surface area contributed by atoms with Crippen molar-refractivity contribution >= 4 is 17.6 Å². The Morgan fingerprint density at radius 2 is 1.62 bits per heavy atom. The number of anilines is 1. The van der Waals surface area contributed by atoms with Crippen molar-refractivity contribution in [3.05, 3.63) is 59.7 Å². The summed E-state index contributed by atoms with van der Waals surface area (Å²) in [6.07, 6.45) is -0.230. The number of ether oxygens (including phenoxy) is 3. The first kappa shape index (κ1) is 25.6. The summed E-state index contributed by atoms with van der Waals surface area (Å²) in [5.41, 5.74) is 2.45. The van der Waals surface area contributed by atoms with Gasteiger partial charge in [0.25, 0.3) is 0 Å². The number of hydroxylamine groups is 1. The lowest BCUT2D eigenvalue weighted by Crippen LogP contribution is -2.36. The predicted molar refractivity (Wildman–Crippen MR) is 130 cm³/mol. The fourth-order valence-electron chi connectivity index (χ4n) is 4.18. The third kappa shape index (κ3) is 5.04. The first-order valence-corrected chi connectivity index (χ1v) is 11.8. The number of hydrogen-bond donors (Lipinski definition) is 0. The van der Waals surface area contributed by atoms with Crippen LogP contribution in [0.15, 0.2) is 48.5 Å². The van der Waals surface area contributed by atoms with Crippen LogP contribution in [0.2, 0.25) is 0 Å². The molecule has 1 fully saturated rings. The second-order valence-corrected chi connectivity index (χ2v) is 8.86. The second-order valence-electron chi connectivity index (χ2n) is 8.86. The minimum absolute atomic E-state index is 0.0992. The smallest absolute Gasteiger partial charge is 0.339 e. The van der Waals surface area contributed by atoms with E-state index in [2.05, 4.69) is 20.8 Å². The largest absolute Gasteiger partial charge is 0.496 e. The Morgan fingerprint density at radius 1 is 0.971 bits per heavy atom. The van der Waals surface area contributed by atoms with Gasteiger partial charge in [0.2, 0.25) is 0 Å². The van der Waals surface area contributed by atoms with Gasteiger partial charge in [-0.15, -0.1) is 0 Å². The summed E-state index contributed by atoms with van der Waals surface area (Å²) >= 11 is 0. The molecule has 0 spiro atoms. The highest BCUT2D eigenvalue weighted by atomic mass is 16.7. The standard InChI is InChI=1S/C27H35NO6/c1-7-27(4,5)18-15-16-21(31-6)20(17-18)23-22(25(29)32-8-2)24(26(30)33-9-3)34-28(23)19-13-11-10-12-14-19/h10-17,22-24H,7-9H2,1-6H3/t22-,23-,24+/m0/s1. The number of esters is 2. The molecule has 0 aliphatic carbocycles. The van der Waals surface area contributed by atoms with Crippen LogP contribution in [0.3, 0.4) is 0 Å². The fourth-order valence-corrected chi connectivity index (χ4v) is 4.18. The lowest BCUT2D eigenvalue weighted by atomic mass is 9.79. The van der Waals surface area contributed by atoms with Crippen molar-refractivity contribution in [2.75, 3.05) is 25.4 Å². The summed E-state index contributed by atoms with van der Waals surface area (Å²) in [6.45, 7) is 10.3. The molecule has 184 valence electrons. The number of hydrogen-bond acceptors (Lipinski definition) is 7.